The summed E-state index contributed by atoms with van der Waals surface area (Å²) in [6.07, 6.45) is -1.15. The molecule has 0 amide bonds. The highest BCUT2D eigenvalue weighted by atomic mass is 16.7. The van der Waals surface area contributed by atoms with Crippen LogP contribution in [-0.4, -0.2) is 44.5 Å². The summed E-state index contributed by atoms with van der Waals surface area (Å²) in [5.41, 5.74) is 7.81. The molecule has 1 fully saturated rings. The van der Waals surface area contributed by atoms with Crippen molar-refractivity contribution < 1.29 is 23.7 Å². The minimum absolute atomic E-state index is 0.0754. The van der Waals surface area contributed by atoms with Crippen molar-refractivity contribution in [3.63, 3.8) is 0 Å². The van der Waals surface area contributed by atoms with Crippen LogP contribution in [0.2, 0.25) is 0 Å². The van der Waals surface area contributed by atoms with Crippen LogP contribution < -0.4 is 5.73 Å². The maximum absolute atomic E-state index is 13.0. The summed E-state index contributed by atoms with van der Waals surface area (Å²) < 4.78 is 23.9. The van der Waals surface area contributed by atoms with Gasteiger partial charge in [-0.25, -0.2) is 0 Å². The van der Waals surface area contributed by atoms with E-state index in [-0.39, 0.29) is 23.7 Å². The van der Waals surface area contributed by atoms with Crippen LogP contribution in [-0.2, 0) is 37.0 Å². The van der Waals surface area contributed by atoms with E-state index >= 15 is 0 Å². The van der Waals surface area contributed by atoms with Gasteiger partial charge in [-0.3, -0.25) is 4.79 Å². The first-order valence-electron chi connectivity index (χ1n) is 10.8. The lowest BCUT2D eigenvalue weighted by atomic mass is 9.78. The number of nitrogens with two attached hydrogens (primary N) is 1. The fraction of sp³-hybridized carbons (Fsp3) is 0.480. The molecule has 5 atom stereocenters. The van der Waals surface area contributed by atoms with Gasteiger partial charge in [-0.15, -0.1) is 0 Å². The van der Waals surface area contributed by atoms with E-state index in [0.717, 1.165) is 11.1 Å². The molecule has 2 unspecified atom stereocenters. The van der Waals surface area contributed by atoms with E-state index in [1.54, 1.807) is 7.11 Å². The SMILES string of the molecule is CO[C@@H]1OC(COCc2ccccc2)[C@H](C)[C@H](C(=O)CCN)C1OCc1ccccc1. The number of carbonyl (C=O) groups is 1. The zero-order chi connectivity index (χ0) is 22.1. The third kappa shape index (κ3) is 6.45. The Morgan fingerprint density at radius 2 is 1.61 bits per heavy atom. The number of ether oxygens (including phenoxy) is 4. The van der Waals surface area contributed by atoms with E-state index in [0.29, 0.717) is 32.8 Å². The summed E-state index contributed by atoms with van der Waals surface area (Å²) in [6, 6.07) is 19.8. The quantitative estimate of drug-likeness (QED) is 0.593. The molecule has 1 saturated heterocycles. The fourth-order valence-corrected chi connectivity index (χ4v) is 4.06. The smallest absolute Gasteiger partial charge is 0.184 e. The monoisotopic (exact) mass is 427 g/mol. The van der Waals surface area contributed by atoms with Crippen molar-refractivity contribution in [1.29, 1.82) is 0 Å². The first kappa shape index (κ1) is 23.6. The molecule has 0 radical (unpaired) electrons. The molecule has 6 heteroatoms. The Labute approximate surface area is 184 Å². The van der Waals surface area contributed by atoms with Crippen LogP contribution in [0.3, 0.4) is 0 Å². The van der Waals surface area contributed by atoms with Crippen LogP contribution >= 0.6 is 0 Å². The van der Waals surface area contributed by atoms with Crippen LogP contribution in [0, 0.1) is 11.8 Å². The summed E-state index contributed by atoms with van der Waals surface area (Å²) in [7, 11) is 1.58. The Morgan fingerprint density at radius 3 is 2.19 bits per heavy atom. The number of carbonyl (C=O) groups excluding carboxylic acids is 1. The molecular weight excluding hydrogens is 394 g/mol. The zero-order valence-corrected chi connectivity index (χ0v) is 18.3. The molecule has 3 rings (SSSR count). The van der Waals surface area contributed by atoms with Crippen LogP contribution in [0.5, 0.6) is 0 Å². The maximum Gasteiger partial charge on any atom is 0.184 e. The maximum atomic E-state index is 13.0. The number of hydrogen-bond acceptors (Lipinski definition) is 6. The molecule has 1 aliphatic rings. The van der Waals surface area contributed by atoms with Crippen molar-refractivity contribution in [1.82, 2.24) is 0 Å². The standard InChI is InChI=1S/C25H33NO5/c1-18-22(17-29-15-19-9-5-3-6-10-19)31-25(28-2)24(23(18)21(27)13-14-26)30-16-20-11-7-4-8-12-20/h3-12,18,22-25H,13-17,26H2,1-2H3/t18-,22?,23+,24?,25+/m0/s1. The van der Waals surface area contributed by atoms with Gasteiger partial charge in [-0.1, -0.05) is 67.6 Å². The highest BCUT2D eigenvalue weighted by Gasteiger charge is 2.47. The molecule has 0 aromatic heterocycles. The van der Waals surface area contributed by atoms with Crippen LogP contribution in [0.25, 0.3) is 0 Å². The van der Waals surface area contributed by atoms with E-state index in [1.807, 2.05) is 67.6 Å². The average Bonchev–Trinajstić information content (AvgIpc) is 2.80. The summed E-state index contributed by atoms with van der Waals surface area (Å²) in [5, 5.41) is 0. The molecule has 1 heterocycles. The van der Waals surface area contributed by atoms with Crippen molar-refractivity contribution in [2.75, 3.05) is 20.3 Å². The van der Waals surface area contributed by atoms with Gasteiger partial charge in [0.25, 0.3) is 0 Å². The first-order chi connectivity index (χ1) is 15.1. The third-order valence-electron chi connectivity index (χ3n) is 5.76. The summed E-state index contributed by atoms with van der Waals surface area (Å²) in [4.78, 5) is 13.0. The van der Waals surface area contributed by atoms with E-state index in [1.165, 1.54) is 0 Å². The molecule has 0 spiro atoms. The van der Waals surface area contributed by atoms with Gasteiger partial charge in [0.2, 0.25) is 0 Å². The number of rotatable bonds is 11. The van der Waals surface area contributed by atoms with Crippen molar-refractivity contribution in [2.45, 2.75) is 45.1 Å². The van der Waals surface area contributed by atoms with Gasteiger partial charge in [0.1, 0.15) is 11.9 Å². The highest BCUT2D eigenvalue weighted by Crippen LogP contribution is 2.35. The predicted molar refractivity (Wildman–Crippen MR) is 118 cm³/mol. The minimum Gasteiger partial charge on any atom is -0.374 e. The lowest BCUT2D eigenvalue weighted by Gasteiger charge is -2.44. The van der Waals surface area contributed by atoms with E-state index in [2.05, 4.69) is 0 Å². The Morgan fingerprint density at radius 1 is 1.00 bits per heavy atom. The van der Waals surface area contributed by atoms with Gasteiger partial charge in [-0.05, 0) is 23.6 Å². The lowest BCUT2D eigenvalue weighted by molar-refractivity contribution is -0.279. The molecule has 168 valence electrons. The second-order valence-corrected chi connectivity index (χ2v) is 7.93. The van der Waals surface area contributed by atoms with Crippen molar-refractivity contribution in [3.8, 4) is 0 Å². The second kappa shape index (κ2) is 12.1. The van der Waals surface area contributed by atoms with Crippen molar-refractivity contribution in [3.05, 3.63) is 71.8 Å². The largest absolute Gasteiger partial charge is 0.374 e. The number of hydrogen-bond donors (Lipinski definition) is 1. The van der Waals surface area contributed by atoms with Gasteiger partial charge < -0.3 is 24.7 Å². The molecule has 2 aromatic carbocycles. The fourth-order valence-electron chi connectivity index (χ4n) is 4.06. The predicted octanol–water partition coefficient (Wildman–Crippen LogP) is 3.33. The lowest BCUT2D eigenvalue weighted by Crippen LogP contribution is -2.56. The number of benzene rings is 2. The van der Waals surface area contributed by atoms with Crippen molar-refractivity contribution in [2.24, 2.45) is 17.6 Å². The molecule has 0 saturated carbocycles. The molecular formula is C25H33NO5. The average molecular weight is 428 g/mol. The number of methoxy groups -OCH3 is 1. The molecule has 2 N–H and O–H groups in total. The van der Waals surface area contributed by atoms with E-state index in [4.69, 9.17) is 24.7 Å². The normalized spacial score (nSPS) is 26.0. The Bertz CT molecular complexity index is 785. The van der Waals surface area contributed by atoms with E-state index < -0.39 is 12.4 Å². The number of ketones is 1. The van der Waals surface area contributed by atoms with Crippen LogP contribution in [0.4, 0.5) is 0 Å². The minimum atomic E-state index is -0.656. The molecule has 0 aliphatic carbocycles. The Hall–Kier alpha value is -2.09. The second-order valence-electron chi connectivity index (χ2n) is 7.93. The van der Waals surface area contributed by atoms with Crippen molar-refractivity contribution >= 4 is 5.78 Å². The highest BCUT2D eigenvalue weighted by molar-refractivity contribution is 5.82. The molecule has 6 nitrogen and oxygen atoms in total. The first-order valence-corrected chi connectivity index (χ1v) is 10.8. The van der Waals surface area contributed by atoms with Gasteiger partial charge in [0, 0.05) is 13.5 Å². The van der Waals surface area contributed by atoms with E-state index in [9.17, 15) is 4.79 Å². The molecule has 2 aromatic rings. The van der Waals surface area contributed by atoms with Gasteiger partial charge in [-0.2, -0.15) is 0 Å². The zero-order valence-electron chi connectivity index (χ0n) is 18.3. The Balaban J connectivity index is 1.69. The summed E-state index contributed by atoms with van der Waals surface area (Å²) >= 11 is 0. The number of Topliss-reactive ketones (excluding diaryl/α,β-unsaturated/α-hetero) is 1. The van der Waals surface area contributed by atoms with Crippen LogP contribution in [0.1, 0.15) is 24.5 Å². The van der Waals surface area contributed by atoms with Gasteiger partial charge >= 0.3 is 0 Å². The van der Waals surface area contributed by atoms with Gasteiger partial charge in [0.15, 0.2) is 6.29 Å². The summed E-state index contributed by atoms with van der Waals surface area (Å²) in [6.45, 7) is 3.55. The molecule has 31 heavy (non-hydrogen) atoms. The topological polar surface area (TPSA) is 80.0 Å². The molecule has 0 bridgehead atoms. The molecule has 1 aliphatic heterocycles. The van der Waals surface area contributed by atoms with Crippen LogP contribution in [0.15, 0.2) is 60.7 Å². The third-order valence-corrected chi connectivity index (χ3v) is 5.76. The Kier molecular flexibility index (Phi) is 9.18. The summed E-state index contributed by atoms with van der Waals surface area (Å²) in [5.74, 6) is -0.398. The van der Waals surface area contributed by atoms with Gasteiger partial charge in [0.05, 0.1) is 31.8 Å².